The van der Waals surface area contributed by atoms with Gasteiger partial charge in [-0.15, -0.1) is 0 Å². The fourth-order valence-corrected chi connectivity index (χ4v) is 1.54. The summed E-state index contributed by atoms with van der Waals surface area (Å²) in [4.78, 5) is 24.9. The van der Waals surface area contributed by atoms with E-state index < -0.39 is 5.97 Å². The molecule has 1 aromatic heterocycles. The molecule has 0 fully saturated rings. The molecule has 0 saturated carbocycles. The van der Waals surface area contributed by atoms with Crippen molar-refractivity contribution in [3.63, 3.8) is 0 Å². The van der Waals surface area contributed by atoms with Crippen LogP contribution in [0.25, 0.3) is 5.69 Å². The number of carboxylic acids is 1. The number of hydrogen-bond acceptors (Lipinski definition) is 2. The number of nitrogens with zero attached hydrogens (tertiary/aromatic N) is 1. The van der Waals surface area contributed by atoms with Gasteiger partial charge in [-0.1, -0.05) is 11.6 Å². The molecule has 5 heteroatoms. The first-order valence-electron chi connectivity index (χ1n) is 4.70. The summed E-state index contributed by atoms with van der Waals surface area (Å²) in [6.45, 7) is 1.80. The number of hydrogen-bond donors (Lipinski definition) is 2. The lowest BCUT2D eigenvalue weighted by atomic mass is 10.1. The van der Waals surface area contributed by atoms with Crippen molar-refractivity contribution in [2.75, 3.05) is 0 Å². The van der Waals surface area contributed by atoms with Crippen molar-refractivity contribution in [1.29, 1.82) is 0 Å². The Morgan fingerprint density at radius 3 is 2.75 bits per heavy atom. The molecule has 0 aliphatic carbocycles. The third-order valence-corrected chi connectivity index (χ3v) is 2.29. The smallest absolute Gasteiger partial charge is 0.337 e. The molecule has 0 bridgehead atoms. The Balaban J connectivity index is 2.70. The number of nitrogens with one attached hydrogen (secondary N) is 1. The van der Waals surface area contributed by atoms with Gasteiger partial charge in [-0.2, -0.15) is 0 Å². The molecule has 2 aromatic rings. The lowest BCUT2D eigenvalue weighted by molar-refractivity contribution is 0.0697. The predicted molar refractivity (Wildman–Crippen MR) is 58.1 cm³/mol. The van der Waals surface area contributed by atoms with Crippen LogP contribution < -0.4 is 5.69 Å². The van der Waals surface area contributed by atoms with Gasteiger partial charge in [0.25, 0.3) is 0 Å². The number of aromatic carboxylic acids is 1. The average molecular weight is 218 g/mol. The Kier molecular flexibility index (Phi) is 2.36. The Morgan fingerprint density at radius 1 is 1.44 bits per heavy atom. The fraction of sp³-hybridized carbons (Fsp3) is 0.0909. The molecule has 0 unspecified atom stereocenters. The van der Waals surface area contributed by atoms with Crippen molar-refractivity contribution in [3.05, 3.63) is 52.2 Å². The first-order valence-corrected chi connectivity index (χ1v) is 4.70. The van der Waals surface area contributed by atoms with E-state index in [2.05, 4.69) is 4.98 Å². The van der Waals surface area contributed by atoms with Gasteiger partial charge in [0.05, 0.1) is 11.3 Å². The van der Waals surface area contributed by atoms with Gasteiger partial charge in [0.2, 0.25) is 0 Å². The highest BCUT2D eigenvalue weighted by molar-refractivity contribution is 5.92. The lowest BCUT2D eigenvalue weighted by Gasteiger charge is -2.06. The summed E-state index contributed by atoms with van der Waals surface area (Å²) in [5.41, 5.74) is 0.960. The largest absolute Gasteiger partial charge is 0.478 e. The Bertz CT molecular complexity index is 595. The number of rotatable bonds is 2. The molecule has 0 spiro atoms. The number of carboxylic acid groups (broad SMARTS) is 1. The van der Waals surface area contributed by atoms with Gasteiger partial charge in [0, 0.05) is 12.4 Å². The van der Waals surface area contributed by atoms with E-state index in [0.29, 0.717) is 5.69 Å². The van der Waals surface area contributed by atoms with Crippen molar-refractivity contribution >= 4 is 5.97 Å². The van der Waals surface area contributed by atoms with Crippen LogP contribution in [0.5, 0.6) is 0 Å². The first kappa shape index (κ1) is 10.2. The van der Waals surface area contributed by atoms with Crippen LogP contribution in [0.1, 0.15) is 15.9 Å². The van der Waals surface area contributed by atoms with Crippen LogP contribution >= 0.6 is 0 Å². The lowest BCUT2D eigenvalue weighted by Crippen LogP contribution is -2.17. The fourth-order valence-electron chi connectivity index (χ4n) is 1.54. The average Bonchev–Trinajstić information content (AvgIpc) is 2.64. The second-order valence-electron chi connectivity index (χ2n) is 3.46. The molecular weight excluding hydrogens is 208 g/mol. The van der Waals surface area contributed by atoms with Crippen LogP contribution in [-0.4, -0.2) is 20.6 Å². The summed E-state index contributed by atoms with van der Waals surface area (Å²) < 4.78 is 1.27. The maximum Gasteiger partial charge on any atom is 0.337 e. The second-order valence-corrected chi connectivity index (χ2v) is 3.46. The van der Waals surface area contributed by atoms with Gasteiger partial charge in [0.1, 0.15) is 0 Å². The zero-order valence-electron chi connectivity index (χ0n) is 8.60. The molecule has 0 saturated heterocycles. The van der Waals surface area contributed by atoms with Crippen LogP contribution in [0.4, 0.5) is 0 Å². The van der Waals surface area contributed by atoms with Crippen molar-refractivity contribution < 1.29 is 9.90 Å². The number of benzene rings is 1. The molecule has 2 rings (SSSR count). The zero-order chi connectivity index (χ0) is 11.7. The van der Waals surface area contributed by atoms with Gasteiger partial charge in [-0.05, 0) is 19.1 Å². The highest BCUT2D eigenvalue weighted by Crippen LogP contribution is 2.14. The zero-order valence-corrected chi connectivity index (χ0v) is 8.60. The third kappa shape index (κ3) is 1.63. The molecule has 0 radical (unpaired) electrons. The maximum atomic E-state index is 11.4. The van der Waals surface area contributed by atoms with Crippen LogP contribution in [0.15, 0.2) is 35.4 Å². The molecule has 0 atom stereocenters. The first-order chi connectivity index (χ1) is 7.59. The van der Waals surface area contributed by atoms with Crippen molar-refractivity contribution in [2.45, 2.75) is 6.92 Å². The van der Waals surface area contributed by atoms with E-state index in [1.807, 2.05) is 0 Å². The van der Waals surface area contributed by atoms with Gasteiger partial charge in [-0.25, -0.2) is 9.59 Å². The van der Waals surface area contributed by atoms with Crippen molar-refractivity contribution in [2.24, 2.45) is 0 Å². The Morgan fingerprint density at radius 2 is 2.19 bits per heavy atom. The number of H-pyrrole nitrogens is 1. The number of carbonyl (C=O) groups is 1. The van der Waals surface area contributed by atoms with E-state index in [1.54, 1.807) is 19.1 Å². The third-order valence-electron chi connectivity index (χ3n) is 2.29. The number of imidazole rings is 1. The van der Waals surface area contributed by atoms with E-state index >= 15 is 0 Å². The summed E-state index contributed by atoms with van der Waals surface area (Å²) >= 11 is 0. The second kappa shape index (κ2) is 3.69. The minimum absolute atomic E-state index is 0.113. The monoisotopic (exact) mass is 218 g/mol. The highest BCUT2D eigenvalue weighted by atomic mass is 16.4. The maximum absolute atomic E-state index is 11.4. The van der Waals surface area contributed by atoms with Crippen LogP contribution in [0.3, 0.4) is 0 Å². The molecular formula is C11H10N2O3. The van der Waals surface area contributed by atoms with E-state index in [0.717, 1.165) is 5.56 Å². The molecule has 16 heavy (non-hydrogen) atoms. The van der Waals surface area contributed by atoms with Crippen LogP contribution in [-0.2, 0) is 0 Å². The summed E-state index contributed by atoms with van der Waals surface area (Å²) in [7, 11) is 0. The summed E-state index contributed by atoms with van der Waals surface area (Å²) in [5.74, 6) is -1.05. The van der Waals surface area contributed by atoms with E-state index in [4.69, 9.17) is 5.11 Å². The van der Waals surface area contributed by atoms with Crippen LogP contribution in [0.2, 0.25) is 0 Å². The van der Waals surface area contributed by atoms with E-state index in [9.17, 15) is 9.59 Å². The predicted octanol–water partition coefficient (Wildman–Crippen LogP) is 1.17. The SMILES string of the molecule is Cc1ccc(-n2cc[nH]c2=O)c(C(=O)O)c1. The minimum Gasteiger partial charge on any atom is -0.478 e. The minimum atomic E-state index is -1.05. The molecule has 1 heterocycles. The molecule has 2 N–H and O–H groups in total. The summed E-state index contributed by atoms with van der Waals surface area (Å²) in [6, 6.07) is 4.92. The Labute approximate surface area is 91.0 Å². The molecule has 0 amide bonds. The topological polar surface area (TPSA) is 75.1 Å². The van der Waals surface area contributed by atoms with Gasteiger partial charge in [0.15, 0.2) is 0 Å². The van der Waals surface area contributed by atoms with Gasteiger partial charge in [-0.3, -0.25) is 4.57 Å². The molecule has 0 aliphatic rings. The quantitative estimate of drug-likeness (QED) is 0.794. The summed E-state index contributed by atoms with van der Waals surface area (Å²) in [5, 5.41) is 9.05. The van der Waals surface area contributed by atoms with Crippen molar-refractivity contribution in [3.8, 4) is 5.69 Å². The molecule has 1 aromatic carbocycles. The van der Waals surface area contributed by atoms with Gasteiger partial charge >= 0.3 is 11.7 Å². The summed E-state index contributed by atoms with van der Waals surface area (Å²) in [6.07, 6.45) is 2.97. The standard InChI is InChI=1S/C11H10N2O3/c1-7-2-3-9(8(6-7)10(14)15)13-5-4-12-11(13)16/h2-6H,1H3,(H,12,16)(H,14,15). The molecule has 0 aliphatic heterocycles. The molecule has 82 valence electrons. The number of aryl methyl sites for hydroxylation is 1. The Hall–Kier alpha value is -2.30. The normalized spacial score (nSPS) is 10.3. The van der Waals surface area contributed by atoms with Crippen LogP contribution in [0, 0.1) is 6.92 Å². The number of aromatic nitrogens is 2. The van der Waals surface area contributed by atoms with Gasteiger partial charge < -0.3 is 10.1 Å². The molecule has 5 nitrogen and oxygen atoms in total. The van der Waals surface area contributed by atoms with E-state index in [-0.39, 0.29) is 11.3 Å². The van der Waals surface area contributed by atoms with E-state index in [1.165, 1.54) is 23.0 Å². The number of aromatic amines is 1. The highest BCUT2D eigenvalue weighted by Gasteiger charge is 2.12. The van der Waals surface area contributed by atoms with Crippen molar-refractivity contribution in [1.82, 2.24) is 9.55 Å².